The van der Waals surface area contributed by atoms with E-state index in [1.807, 2.05) is 4.90 Å². The maximum absolute atomic E-state index is 11.8. The molecule has 0 aromatic carbocycles. The third-order valence-corrected chi connectivity index (χ3v) is 2.83. The van der Waals surface area contributed by atoms with Gasteiger partial charge in [-0.2, -0.15) is 0 Å². The van der Waals surface area contributed by atoms with Crippen molar-refractivity contribution in [2.45, 2.75) is 12.5 Å². The molecule has 2 N–H and O–H groups in total. The zero-order valence-electron chi connectivity index (χ0n) is 9.38. The standard InChI is InChI=1S/C9H15N5O2/c1-12-8(15)7(11-13(2)9(12)16)14-4-3-6(10)5-14/h6H,3-5,10H2,1-2H3. The maximum atomic E-state index is 11.8. The van der Waals surface area contributed by atoms with Gasteiger partial charge in [0.05, 0.1) is 0 Å². The monoisotopic (exact) mass is 225 g/mol. The van der Waals surface area contributed by atoms with Crippen molar-refractivity contribution in [2.24, 2.45) is 19.8 Å². The number of nitrogens with two attached hydrogens (primary N) is 1. The average molecular weight is 225 g/mol. The molecule has 0 spiro atoms. The van der Waals surface area contributed by atoms with E-state index in [9.17, 15) is 9.59 Å². The Labute approximate surface area is 92.1 Å². The summed E-state index contributed by atoms with van der Waals surface area (Å²) in [6.07, 6.45) is 0.841. The molecule has 1 aliphatic rings. The van der Waals surface area contributed by atoms with Gasteiger partial charge in [0.2, 0.25) is 5.82 Å². The summed E-state index contributed by atoms with van der Waals surface area (Å²) >= 11 is 0. The van der Waals surface area contributed by atoms with Crippen LogP contribution in [0.15, 0.2) is 9.59 Å². The molecule has 1 fully saturated rings. The van der Waals surface area contributed by atoms with E-state index in [0.717, 1.165) is 11.0 Å². The molecule has 0 aliphatic carbocycles. The van der Waals surface area contributed by atoms with E-state index in [0.29, 0.717) is 18.9 Å². The second-order valence-corrected chi connectivity index (χ2v) is 4.09. The zero-order chi connectivity index (χ0) is 11.9. The van der Waals surface area contributed by atoms with Gasteiger partial charge in [-0.15, -0.1) is 5.10 Å². The highest BCUT2D eigenvalue weighted by molar-refractivity contribution is 5.36. The van der Waals surface area contributed by atoms with Crippen LogP contribution in [0.25, 0.3) is 0 Å². The van der Waals surface area contributed by atoms with Crippen LogP contribution in [-0.2, 0) is 14.1 Å². The Hall–Kier alpha value is -1.63. The predicted molar refractivity (Wildman–Crippen MR) is 59.5 cm³/mol. The van der Waals surface area contributed by atoms with Crippen molar-refractivity contribution >= 4 is 5.82 Å². The highest BCUT2D eigenvalue weighted by Gasteiger charge is 2.24. The molecule has 16 heavy (non-hydrogen) atoms. The van der Waals surface area contributed by atoms with Gasteiger partial charge in [0.1, 0.15) is 0 Å². The summed E-state index contributed by atoms with van der Waals surface area (Å²) in [7, 11) is 2.98. The Morgan fingerprint density at radius 2 is 2.06 bits per heavy atom. The van der Waals surface area contributed by atoms with Gasteiger partial charge in [-0.3, -0.25) is 9.36 Å². The second-order valence-electron chi connectivity index (χ2n) is 4.09. The Morgan fingerprint density at radius 1 is 1.38 bits per heavy atom. The Morgan fingerprint density at radius 3 is 2.62 bits per heavy atom. The van der Waals surface area contributed by atoms with Crippen molar-refractivity contribution in [1.82, 2.24) is 14.3 Å². The molecule has 0 radical (unpaired) electrons. The molecule has 1 aromatic heterocycles. The normalized spacial score (nSPS) is 20.4. The minimum absolute atomic E-state index is 0.0729. The number of hydrogen-bond acceptors (Lipinski definition) is 5. The van der Waals surface area contributed by atoms with Gasteiger partial charge >= 0.3 is 5.69 Å². The van der Waals surface area contributed by atoms with Crippen LogP contribution in [0, 0.1) is 0 Å². The van der Waals surface area contributed by atoms with Crippen molar-refractivity contribution in [1.29, 1.82) is 0 Å². The van der Waals surface area contributed by atoms with E-state index in [1.165, 1.54) is 18.8 Å². The third kappa shape index (κ3) is 1.63. The van der Waals surface area contributed by atoms with Crippen LogP contribution >= 0.6 is 0 Å². The first kappa shape index (κ1) is 10.9. The lowest BCUT2D eigenvalue weighted by Gasteiger charge is -2.16. The zero-order valence-corrected chi connectivity index (χ0v) is 9.38. The largest absolute Gasteiger partial charge is 0.349 e. The summed E-state index contributed by atoms with van der Waals surface area (Å²) in [6, 6.07) is 0.0729. The van der Waals surface area contributed by atoms with Crippen LogP contribution < -0.4 is 21.9 Å². The third-order valence-electron chi connectivity index (χ3n) is 2.83. The summed E-state index contributed by atoms with van der Waals surface area (Å²) in [5.41, 5.74) is 4.99. The molecule has 0 bridgehead atoms. The number of anilines is 1. The molecule has 1 atom stereocenters. The van der Waals surface area contributed by atoms with Crippen molar-refractivity contribution < 1.29 is 0 Å². The van der Waals surface area contributed by atoms with Crippen molar-refractivity contribution in [2.75, 3.05) is 18.0 Å². The fraction of sp³-hybridized carbons (Fsp3) is 0.667. The summed E-state index contributed by atoms with van der Waals surface area (Å²) in [4.78, 5) is 25.1. The molecule has 1 saturated heterocycles. The molecule has 1 aromatic rings. The molecule has 88 valence electrons. The molecule has 7 nitrogen and oxygen atoms in total. The van der Waals surface area contributed by atoms with Crippen molar-refractivity contribution in [3.8, 4) is 0 Å². The van der Waals surface area contributed by atoms with Crippen LogP contribution in [0.1, 0.15) is 6.42 Å². The molecule has 7 heteroatoms. The smallest absolute Gasteiger partial charge is 0.346 e. The number of aryl methyl sites for hydroxylation is 1. The molecule has 1 unspecified atom stereocenters. The quantitative estimate of drug-likeness (QED) is 0.598. The summed E-state index contributed by atoms with van der Waals surface area (Å²) in [5.74, 6) is 0.303. The minimum Gasteiger partial charge on any atom is -0.349 e. The minimum atomic E-state index is -0.419. The molecule has 2 rings (SSSR count). The lowest BCUT2D eigenvalue weighted by molar-refractivity contribution is 0.594. The lowest BCUT2D eigenvalue weighted by atomic mass is 10.3. The molecule has 0 amide bonds. The summed E-state index contributed by atoms with van der Waals surface area (Å²) in [6.45, 7) is 1.32. The first-order chi connectivity index (χ1) is 7.50. The van der Waals surface area contributed by atoms with Gasteiger partial charge in [0, 0.05) is 33.2 Å². The van der Waals surface area contributed by atoms with E-state index < -0.39 is 5.69 Å². The second kappa shape index (κ2) is 3.75. The van der Waals surface area contributed by atoms with Crippen LogP contribution in [0.4, 0.5) is 5.82 Å². The van der Waals surface area contributed by atoms with Crippen molar-refractivity contribution in [3.05, 3.63) is 20.8 Å². The fourth-order valence-electron chi connectivity index (χ4n) is 1.86. The Balaban J connectivity index is 2.50. The van der Waals surface area contributed by atoms with E-state index in [4.69, 9.17) is 5.73 Å². The number of nitrogens with zero attached hydrogens (tertiary/aromatic N) is 4. The highest BCUT2D eigenvalue weighted by atomic mass is 16.2. The topological polar surface area (TPSA) is 86.2 Å². The van der Waals surface area contributed by atoms with Gasteiger partial charge in [-0.1, -0.05) is 0 Å². The highest BCUT2D eigenvalue weighted by Crippen LogP contribution is 2.11. The maximum Gasteiger partial charge on any atom is 0.346 e. The van der Waals surface area contributed by atoms with E-state index >= 15 is 0 Å². The van der Waals surface area contributed by atoms with Crippen LogP contribution in [0.2, 0.25) is 0 Å². The average Bonchev–Trinajstić information content (AvgIpc) is 2.67. The number of rotatable bonds is 1. The van der Waals surface area contributed by atoms with Gasteiger partial charge < -0.3 is 10.6 Å². The lowest BCUT2D eigenvalue weighted by Crippen LogP contribution is -2.43. The number of aromatic nitrogens is 3. The van der Waals surface area contributed by atoms with Gasteiger partial charge in [-0.25, -0.2) is 9.48 Å². The molecule has 2 heterocycles. The van der Waals surface area contributed by atoms with Crippen LogP contribution in [-0.4, -0.2) is 33.5 Å². The first-order valence-corrected chi connectivity index (χ1v) is 5.15. The van der Waals surface area contributed by atoms with Gasteiger partial charge in [0.25, 0.3) is 5.56 Å². The number of hydrogen-bond donors (Lipinski definition) is 1. The molecule has 0 saturated carbocycles. The fourth-order valence-corrected chi connectivity index (χ4v) is 1.86. The van der Waals surface area contributed by atoms with Crippen LogP contribution in [0.3, 0.4) is 0 Å². The van der Waals surface area contributed by atoms with E-state index in [1.54, 1.807) is 0 Å². The predicted octanol–water partition coefficient (Wildman–Crippen LogP) is -1.98. The summed E-state index contributed by atoms with van der Waals surface area (Å²) < 4.78 is 2.23. The van der Waals surface area contributed by atoms with Gasteiger partial charge in [-0.05, 0) is 6.42 Å². The summed E-state index contributed by atoms with van der Waals surface area (Å²) in [5, 5.41) is 3.99. The Bertz CT molecular complexity index is 518. The van der Waals surface area contributed by atoms with E-state index in [-0.39, 0.29) is 11.6 Å². The molecule has 1 aliphatic heterocycles. The SMILES string of the molecule is Cn1nc(N2CCC(N)C2)c(=O)n(C)c1=O. The van der Waals surface area contributed by atoms with Crippen LogP contribution in [0.5, 0.6) is 0 Å². The van der Waals surface area contributed by atoms with Gasteiger partial charge in [0.15, 0.2) is 0 Å². The first-order valence-electron chi connectivity index (χ1n) is 5.15. The molecular weight excluding hydrogens is 210 g/mol. The molecular formula is C9H15N5O2. The van der Waals surface area contributed by atoms with E-state index in [2.05, 4.69) is 5.10 Å². The Kier molecular flexibility index (Phi) is 2.55. The van der Waals surface area contributed by atoms with Crippen molar-refractivity contribution in [3.63, 3.8) is 0 Å².